The third-order valence-electron chi connectivity index (χ3n) is 8.64. The van der Waals surface area contributed by atoms with Gasteiger partial charge < -0.3 is 79.5 Å². The molecule has 0 bridgehead atoms. The van der Waals surface area contributed by atoms with E-state index in [4.69, 9.17) is 23.7 Å². The number of carbonyl (C=O) groups excluding carboxylic acids is 1. The number of fused-ring (bicyclic) bond motifs is 1. The van der Waals surface area contributed by atoms with E-state index >= 15 is 0 Å². The van der Waals surface area contributed by atoms with E-state index < -0.39 is 97.8 Å². The molecule has 3 heterocycles. The molecule has 0 amide bonds. The van der Waals surface area contributed by atoms with Crippen molar-refractivity contribution in [3.8, 4) is 34.5 Å². The number of aliphatic hydroxyl groups excluding tert-OH is 5. The molecule has 0 aromatic heterocycles. The summed E-state index contributed by atoms with van der Waals surface area (Å²) >= 11 is 0. The van der Waals surface area contributed by atoms with Crippen molar-refractivity contribution in [1.29, 1.82) is 0 Å². The fraction of sp³-hybridized carbons (Fsp3) is 0.343. The van der Waals surface area contributed by atoms with E-state index in [2.05, 4.69) is 4.74 Å². The maximum Gasteiger partial charge on any atom is 0.330 e. The lowest BCUT2D eigenvalue weighted by Gasteiger charge is -2.43. The largest absolute Gasteiger partial charge is 0.571 e. The zero-order valence-electron chi connectivity index (χ0n) is 27.0. The van der Waals surface area contributed by atoms with Crippen molar-refractivity contribution in [2.75, 3.05) is 13.2 Å². The van der Waals surface area contributed by atoms with Gasteiger partial charge in [0, 0.05) is 18.2 Å². The van der Waals surface area contributed by atoms with Gasteiger partial charge in [-0.05, 0) is 42.0 Å². The quantitative estimate of drug-likeness (QED) is 0.0573. The third kappa shape index (κ3) is 7.71. The van der Waals surface area contributed by atoms with E-state index in [0.717, 1.165) is 12.1 Å². The average Bonchev–Trinajstić information content (AvgIpc) is 3.39. The predicted octanol–water partition coefficient (Wildman–Crippen LogP) is 0.0958. The summed E-state index contributed by atoms with van der Waals surface area (Å²) in [7, 11) is 0. The molecule has 278 valence electrons. The first-order valence-electron chi connectivity index (χ1n) is 15.9. The first-order chi connectivity index (χ1) is 24.8. The van der Waals surface area contributed by atoms with Gasteiger partial charge in [-0.25, -0.2) is 4.79 Å². The Morgan fingerprint density at radius 3 is 2.17 bits per heavy atom. The topological polar surface area (TPSA) is 278 Å². The van der Waals surface area contributed by atoms with E-state index in [9.17, 15) is 55.9 Å². The number of ether oxygens (including phenoxy) is 6. The number of carbonyl (C=O) groups is 1. The van der Waals surface area contributed by atoms with Crippen molar-refractivity contribution < 1.29 is 84.3 Å². The van der Waals surface area contributed by atoms with E-state index in [1.807, 2.05) is 0 Å². The molecule has 0 saturated carbocycles. The molecular weight excluding hydrogens is 692 g/mol. The highest BCUT2D eigenvalue weighted by molar-refractivity contribution is 5.87. The maximum absolute atomic E-state index is 12.6. The van der Waals surface area contributed by atoms with Crippen LogP contribution < -0.4 is 0 Å². The Kier molecular flexibility index (Phi) is 10.7. The van der Waals surface area contributed by atoms with Gasteiger partial charge in [0.15, 0.2) is 29.7 Å². The van der Waals surface area contributed by atoms with E-state index in [-0.39, 0.29) is 34.1 Å². The Labute approximate surface area is 294 Å². The fourth-order valence-corrected chi connectivity index (χ4v) is 5.85. The van der Waals surface area contributed by atoms with Crippen molar-refractivity contribution in [3.63, 3.8) is 0 Å². The van der Waals surface area contributed by atoms with Crippen molar-refractivity contribution >= 4 is 18.1 Å². The summed E-state index contributed by atoms with van der Waals surface area (Å²) in [5.74, 6) is -2.44. The van der Waals surface area contributed by atoms with Gasteiger partial charge in [-0.1, -0.05) is 12.1 Å². The van der Waals surface area contributed by atoms with Crippen molar-refractivity contribution in [2.24, 2.45) is 0 Å². The molecule has 0 radical (unpaired) electrons. The Morgan fingerprint density at radius 1 is 0.769 bits per heavy atom. The lowest BCUT2D eigenvalue weighted by atomic mass is 9.98. The molecule has 10 unspecified atom stereocenters. The van der Waals surface area contributed by atoms with Crippen molar-refractivity contribution in [3.05, 3.63) is 83.1 Å². The number of rotatable bonds is 10. The van der Waals surface area contributed by atoms with Crippen LogP contribution in [0.3, 0.4) is 0 Å². The second-order valence-electron chi connectivity index (χ2n) is 12.2. The highest BCUT2D eigenvalue weighted by Crippen LogP contribution is 2.46. The van der Waals surface area contributed by atoms with Crippen LogP contribution in [0.5, 0.6) is 34.5 Å². The first-order valence-corrected chi connectivity index (χ1v) is 15.9. The number of hydrogen-bond acceptors (Lipinski definition) is 16. The number of aliphatic hydroxyl groups is 6. The Morgan fingerprint density at radius 2 is 1.48 bits per heavy atom. The number of phenols is 5. The zero-order valence-corrected chi connectivity index (χ0v) is 27.0. The van der Waals surface area contributed by atoms with Crippen LogP contribution in [0.2, 0.25) is 0 Å². The van der Waals surface area contributed by atoms with Crippen LogP contribution in [0, 0.1) is 0 Å². The molecular formula is C35H37O17+. The van der Waals surface area contributed by atoms with Crippen LogP contribution in [-0.2, 0) is 28.5 Å². The van der Waals surface area contributed by atoms with Gasteiger partial charge in [0.2, 0.25) is 6.29 Å². The summed E-state index contributed by atoms with van der Waals surface area (Å²) in [6.07, 6.45) is -12.1. The summed E-state index contributed by atoms with van der Waals surface area (Å²) in [5.41, 5.74) is 0.913. The van der Waals surface area contributed by atoms with Crippen LogP contribution in [0.4, 0.5) is 0 Å². The fourth-order valence-electron chi connectivity index (χ4n) is 5.85. The van der Waals surface area contributed by atoms with Gasteiger partial charge in [-0.3, -0.25) is 0 Å². The van der Waals surface area contributed by atoms with Gasteiger partial charge in [0.1, 0.15) is 66.0 Å². The van der Waals surface area contributed by atoms with Crippen LogP contribution in [0.15, 0.2) is 66.4 Å². The molecule has 10 atom stereocenters. The number of benzene rings is 3. The second-order valence-corrected chi connectivity index (χ2v) is 12.2. The lowest BCUT2D eigenvalue weighted by Crippen LogP contribution is -2.61. The average molecular weight is 730 g/mol. The zero-order chi connectivity index (χ0) is 37.3. The summed E-state index contributed by atoms with van der Waals surface area (Å²) in [6.45, 7) is -1.30. The van der Waals surface area contributed by atoms with Crippen LogP contribution in [0.1, 0.15) is 22.8 Å². The Balaban J connectivity index is 1.30. The number of phenolic OH excluding ortho intramolecular Hbond substituents is 5. The summed E-state index contributed by atoms with van der Waals surface area (Å²) < 4.78 is 33.3. The molecule has 2 saturated heterocycles. The van der Waals surface area contributed by atoms with Crippen LogP contribution >= 0.6 is 0 Å². The third-order valence-corrected chi connectivity index (χ3v) is 8.64. The molecule has 2 fully saturated rings. The molecule has 11 N–H and O–H groups in total. The molecule has 3 aliphatic heterocycles. The summed E-state index contributed by atoms with van der Waals surface area (Å²) in [6, 6.07) is 12.1. The summed E-state index contributed by atoms with van der Waals surface area (Å²) in [5, 5.41) is 103. The monoisotopic (exact) mass is 729 g/mol. The van der Waals surface area contributed by atoms with Gasteiger partial charge in [-0.15, -0.1) is 0 Å². The molecule has 0 spiro atoms. The maximum atomic E-state index is 12.6. The lowest BCUT2D eigenvalue weighted by molar-refractivity contribution is -0.333. The highest BCUT2D eigenvalue weighted by Gasteiger charge is 2.52. The van der Waals surface area contributed by atoms with E-state index in [1.54, 1.807) is 12.1 Å². The molecule has 3 aliphatic rings. The van der Waals surface area contributed by atoms with E-state index in [1.165, 1.54) is 48.6 Å². The SMILES string of the molecule is O=C(C=Cc1ccc(O)cc1)OCC1OC(OC2=Cc3c(O)cc(O)cc3[OH+]C2c2ccc(O)c(O)c2)C(OC2OC(CO)C(O)C2O)C(O)C1O. The standard InChI is InChI=1S/C35H36O17/c36-13-25-28(43)31(46)34(50-25)52-33-30(45)29(44)26(14-47-27(42)8-3-15-1-5-17(37)6-2-15)51-35(33)49-24-12-19-21(40)10-18(38)11-23(19)48-32(24)16-4-7-20(39)22(41)9-16/h1-12,25-26,28-41,43-46H,13-14H2/p+1. The normalized spacial score (nSPS) is 30.0. The smallest absolute Gasteiger partial charge is 0.330 e. The first kappa shape index (κ1) is 36.7. The molecule has 17 nitrogen and oxygen atoms in total. The van der Waals surface area contributed by atoms with Gasteiger partial charge in [0.05, 0.1) is 18.2 Å². The highest BCUT2D eigenvalue weighted by atomic mass is 16.8. The van der Waals surface area contributed by atoms with Crippen LogP contribution in [0.25, 0.3) is 12.2 Å². The number of esters is 1. The Bertz CT molecular complexity index is 1810. The predicted molar refractivity (Wildman–Crippen MR) is 174 cm³/mol. The van der Waals surface area contributed by atoms with Gasteiger partial charge in [-0.2, -0.15) is 0 Å². The molecule has 3 aromatic rings. The minimum Gasteiger partial charge on any atom is -0.571 e. The Hall–Kier alpha value is -5.11. The minimum atomic E-state index is -1.88. The van der Waals surface area contributed by atoms with Crippen molar-refractivity contribution in [1.82, 2.24) is 0 Å². The molecule has 52 heavy (non-hydrogen) atoms. The molecule has 3 aromatic carbocycles. The van der Waals surface area contributed by atoms with Gasteiger partial charge >= 0.3 is 5.97 Å². The molecule has 6 rings (SSSR count). The minimum absolute atomic E-state index is 0.0321. The second kappa shape index (κ2) is 15.2. The number of aromatic hydroxyl groups is 6. The molecule has 17 heteroatoms. The van der Waals surface area contributed by atoms with Gasteiger partial charge in [0.25, 0.3) is 11.9 Å². The summed E-state index contributed by atoms with van der Waals surface area (Å²) in [4.78, 5) is 12.6. The van der Waals surface area contributed by atoms with E-state index in [0.29, 0.717) is 5.56 Å². The number of hydrogen-bond donors (Lipinski definition) is 10. The van der Waals surface area contributed by atoms with Crippen molar-refractivity contribution in [2.45, 2.75) is 61.4 Å². The van der Waals surface area contributed by atoms with Crippen LogP contribution in [-0.4, -0.2) is 130 Å². The molecule has 0 aliphatic carbocycles.